The molecule has 1 aliphatic rings. The van der Waals surface area contributed by atoms with Crippen molar-refractivity contribution in [2.75, 3.05) is 0 Å². The van der Waals surface area contributed by atoms with Crippen molar-refractivity contribution in [2.45, 2.75) is 13.2 Å². The van der Waals surface area contributed by atoms with Gasteiger partial charge in [-0.25, -0.2) is 4.57 Å². The number of hydrogen-bond acceptors (Lipinski definition) is 6. The number of benzene rings is 3. The van der Waals surface area contributed by atoms with Gasteiger partial charge in [0.2, 0.25) is 5.78 Å². The Morgan fingerprint density at radius 1 is 0.750 bits per heavy atom. The van der Waals surface area contributed by atoms with Gasteiger partial charge < -0.3 is 4.52 Å². The zero-order valence-electron chi connectivity index (χ0n) is 16.8. The van der Waals surface area contributed by atoms with E-state index in [9.17, 15) is 14.2 Å². The van der Waals surface area contributed by atoms with Crippen LogP contribution in [0.15, 0.2) is 90.0 Å². The van der Waals surface area contributed by atoms with Crippen LogP contribution in [0.2, 0.25) is 0 Å². The van der Waals surface area contributed by atoms with Gasteiger partial charge in [-0.2, -0.15) is 0 Å². The van der Waals surface area contributed by atoms with E-state index in [4.69, 9.17) is 25.2 Å². The van der Waals surface area contributed by atoms with E-state index < -0.39 is 19.4 Å². The monoisotopic (exact) mass is 468 g/mol. The summed E-state index contributed by atoms with van der Waals surface area (Å²) in [5.74, 6) is -1.12. The lowest BCUT2D eigenvalue weighted by Gasteiger charge is -2.21. The van der Waals surface area contributed by atoms with Crippen LogP contribution >= 0.6 is 19.4 Å². The van der Waals surface area contributed by atoms with E-state index in [0.717, 1.165) is 17.2 Å². The first-order valence-electron chi connectivity index (χ1n) is 9.71. The smallest absolute Gasteiger partial charge is 0.403 e. The molecule has 0 unspecified atom stereocenters. The minimum atomic E-state index is -4.20. The number of phosphoric acid groups is 1. The first-order chi connectivity index (χ1) is 15.5. The molecule has 0 bridgehead atoms. The van der Waals surface area contributed by atoms with Crippen LogP contribution in [0.1, 0.15) is 31.8 Å². The molecule has 0 atom stereocenters. The van der Waals surface area contributed by atoms with Gasteiger partial charge in [-0.3, -0.25) is 18.6 Å². The van der Waals surface area contributed by atoms with Crippen molar-refractivity contribution in [2.24, 2.45) is 0 Å². The number of hydrogen-bond donors (Lipinski definition) is 0. The molecule has 0 saturated heterocycles. The van der Waals surface area contributed by atoms with Crippen molar-refractivity contribution >= 4 is 31.0 Å². The van der Waals surface area contributed by atoms with Gasteiger partial charge in [0.25, 0.3) is 0 Å². The summed E-state index contributed by atoms with van der Waals surface area (Å²) in [6, 6.07) is 22.6. The maximum atomic E-state index is 13.6. The zero-order valence-corrected chi connectivity index (χ0v) is 18.4. The van der Waals surface area contributed by atoms with Gasteiger partial charge in [-0.05, 0) is 23.3 Å². The molecule has 0 radical (unpaired) electrons. The Hall–Kier alpha value is -3.02. The van der Waals surface area contributed by atoms with Gasteiger partial charge in [0, 0.05) is 11.6 Å². The highest BCUT2D eigenvalue weighted by Crippen LogP contribution is 2.52. The van der Waals surface area contributed by atoms with E-state index in [1.54, 1.807) is 24.3 Å². The number of carbonyl (C=O) groups excluding carboxylic acids is 2. The quantitative estimate of drug-likeness (QED) is 0.371. The summed E-state index contributed by atoms with van der Waals surface area (Å²) in [6.07, 6.45) is 1.01. The van der Waals surface area contributed by atoms with Crippen molar-refractivity contribution in [3.8, 4) is 5.75 Å². The van der Waals surface area contributed by atoms with Crippen molar-refractivity contribution < 1.29 is 27.7 Å². The molecule has 6 nitrogen and oxygen atoms in total. The summed E-state index contributed by atoms with van der Waals surface area (Å²) in [5.41, 5.74) is 1.55. The topological polar surface area (TPSA) is 78.9 Å². The predicted molar refractivity (Wildman–Crippen MR) is 120 cm³/mol. The SMILES string of the molecule is O=C1C(Cl)=CC(=O)c2c(OP(=O)(OCc3ccccc3)OCc3ccccc3)cccc21. The van der Waals surface area contributed by atoms with E-state index in [1.807, 2.05) is 36.4 Å². The minimum Gasteiger partial charge on any atom is -0.403 e. The Labute approximate surface area is 190 Å². The molecular weight excluding hydrogens is 451 g/mol. The molecule has 3 aromatic rings. The van der Waals surface area contributed by atoms with Crippen molar-refractivity contribution in [3.63, 3.8) is 0 Å². The average molecular weight is 469 g/mol. The lowest BCUT2D eigenvalue weighted by molar-refractivity contribution is 0.0986. The van der Waals surface area contributed by atoms with Crippen molar-refractivity contribution in [3.05, 3.63) is 112 Å². The van der Waals surface area contributed by atoms with Crippen molar-refractivity contribution in [1.82, 2.24) is 0 Å². The molecular formula is C24H18ClO6P. The fraction of sp³-hybridized carbons (Fsp3) is 0.0833. The predicted octanol–water partition coefficient (Wildman–Crippen LogP) is 6.11. The van der Waals surface area contributed by atoms with Crippen LogP contribution in [-0.2, 0) is 26.8 Å². The second-order valence-corrected chi connectivity index (χ2v) is 8.92. The van der Waals surface area contributed by atoms with Crippen LogP contribution in [0.3, 0.4) is 0 Å². The highest BCUT2D eigenvalue weighted by molar-refractivity contribution is 7.48. The van der Waals surface area contributed by atoms with Crippen LogP contribution in [0, 0.1) is 0 Å². The zero-order chi connectivity index (χ0) is 22.6. The van der Waals surface area contributed by atoms with Gasteiger partial charge in [0.15, 0.2) is 5.78 Å². The number of rotatable bonds is 8. The molecule has 0 spiro atoms. The Balaban J connectivity index is 1.63. The van der Waals surface area contributed by atoms with E-state index >= 15 is 0 Å². The minimum absolute atomic E-state index is 0.0336. The first kappa shape index (κ1) is 22.2. The Morgan fingerprint density at radius 3 is 1.88 bits per heavy atom. The molecule has 162 valence electrons. The normalized spacial score (nSPS) is 13.5. The van der Waals surface area contributed by atoms with Gasteiger partial charge in [0.05, 0.1) is 23.8 Å². The summed E-state index contributed by atoms with van der Waals surface area (Å²) in [6.45, 7) is -0.0823. The third-order valence-electron chi connectivity index (χ3n) is 4.67. The Bertz CT molecular complexity index is 1180. The van der Waals surface area contributed by atoms with Gasteiger partial charge in [-0.1, -0.05) is 78.3 Å². The van der Waals surface area contributed by atoms with Gasteiger partial charge in [0.1, 0.15) is 5.75 Å². The molecule has 8 heteroatoms. The van der Waals surface area contributed by atoms with Crippen LogP contribution < -0.4 is 4.52 Å². The highest BCUT2D eigenvalue weighted by atomic mass is 35.5. The van der Waals surface area contributed by atoms with E-state index in [1.165, 1.54) is 18.2 Å². The van der Waals surface area contributed by atoms with Crippen LogP contribution in [-0.4, -0.2) is 11.6 Å². The fourth-order valence-electron chi connectivity index (χ4n) is 3.10. The lowest BCUT2D eigenvalue weighted by atomic mass is 9.94. The summed E-state index contributed by atoms with van der Waals surface area (Å²) >= 11 is 5.86. The number of ketones is 2. The largest absolute Gasteiger partial charge is 0.530 e. The molecule has 0 fully saturated rings. The molecule has 0 amide bonds. The average Bonchev–Trinajstić information content (AvgIpc) is 2.81. The van der Waals surface area contributed by atoms with E-state index in [0.29, 0.717) is 0 Å². The summed E-state index contributed by atoms with van der Waals surface area (Å²) in [7, 11) is -4.20. The molecule has 1 aliphatic carbocycles. The summed E-state index contributed by atoms with van der Waals surface area (Å²) in [5, 5.41) is -0.191. The van der Waals surface area contributed by atoms with Crippen LogP contribution in [0.5, 0.6) is 5.75 Å². The molecule has 0 aliphatic heterocycles. The molecule has 0 saturated carbocycles. The van der Waals surface area contributed by atoms with Gasteiger partial charge >= 0.3 is 7.82 Å². The first-order valence-corrected chi connectivity index (χ1v) is 11.5. The van der Waals surface area contributed by atoms with E-state index in [-0.39, 0.29) is 35.1 Å². The maximum absolute atomic E-state index is 13.6. The maximum Gasteiger partial charge on any atom is 0.530 e. The fourth-order valence-corrected chi connectivity index (χ4v) is 4.49. The number of halogens is 1. The number of allylic oxidation sites excluding steroid dienone is 2. The van der Waals surface area contributed by atoms with Crippen LogP contribution in [0.4, 0.5) is 0 Å². The Kier molecular flexibility index (Phi) is 6.68. The standard InChI is InChI=1S/C24H18ClO6P/c25-20-14-21(26)23-19(24(20)27)12-7-13-22(23)31-32(28,29-15-17-8-3-1-4-9-17)30-16-18-10-5-2-6-11-18/h1-14H,15-16H2. The highest BCUT2D eigenvalue weighted by Gasteiger charge is 2.34. The number of fused-ring (bicyclic) bond motifs is 1. The summed E-state index contributed by atoms with van der Waals surface area (Å²) in [4.78, 5) is 24.9. The van der Waals surface area contributed by atoms with E-state index in [2.05, 4.69) is 0 Å². The molecule has 0 N–H and O–H groups in total. The molecule has 4 rings (SSSR count). The Morgan fingerprint density at radius 2 is 1.31 bits per heavy atom. The number of phosphoric ester groups is 1. The van der Waals surface area contributed by atoms with Gasteiger partial charge in [-0.15, -0.1) is 0 Å². The third-order valence-corrected chi connectivity index (χ3v) is 6.26. The second kappa shape index (κ2) is 9.63. The number of Topliss-reactive ketones (excluding diaryl/α,β-unsaturated/α-hetero) is 1. The van der Waals surface area contributed by atoms with Crippen molar-refractivity contribution in [1.29, 1.82) is 0 Å². The molecule has 0 aromatic heterocycles. The molecule has 3 aromatic carbocycles. The second-order valence-electron chi connectivity index (χ2n) is 6.92. The van der Waals surface area contributed by atoms with Crippen LogP contribution in [0.25, 0.3) is 0 Å². The summed E-state index contributed by atoms with van der Waals surface area (Å²) < 4.78 is 30.4. The lowest BCUT2D eigenvalue weighted by Crippen LogP contribution is -2.16. The molecule has 0 heterocycles. The third kappa shape index (κ3) is 5.06. The molecule has 32 heavy (non-hydrogen) atoms. The number of carbonyl (C=O) groups is 2.